The van der Waals surface area contributed by atoms with E-state index in [9.17, 15) is 4.39 Å². The van der Waals surface area contributed by atoms with Gasteiger partial charge in [-0.15, -0.1) is 0 Å². The summed E-state index contributed by atoms with van der Waals surface area (Å²) in [6.07, 6.45) is 0. The quantitative estimate of drug-likeness (QED) is 0.784. The molecule has 0 bridgehead atoms. The lowest BCUT2D eigenvalue weighted by atomic mass is 10.0. The van der Waals surface area contributed by atoms with Gasteiger partial charge in [0.2, 0.25) is 0 Å². The second kappa shape index (κ2) is 3.20. The highest BCUT2D eigenvalue weighted by Gasteiger charge is 2.57. The van der Waals surface area contributed by atoms with Crippen molar-refractivity contribution < 1.29 is 9.50 Å². The number of aromatic hydroxyl groups is 1. The maximum absolute atomic E-state index is 13.2. The molecule has 0 saturated heterocycles. The van der Waals surface area contributed by atoms with E-state index in [1.54, 1.807) is 6.07 Å². The summed E-state index contributed by atoms with van der Waals surface area (Å²) >= 11 is 0. The average Bonchev–Trinajstić information content (AvgIpc) is 2.73. The van der Waals surface area contributed by atoms with Gasteiger partial charge in [-0.1, -0.05) is 19.9 Å². The average molecular weight is 209 g/mol. The lowest BCUT2D eigenvalue weighted by Crippen LogP contribution is -2.05. The Labute approximate surface area is 88.9 Å². The largest absolute Gasteiger partial charge is 0.505 e. The van der Waals surface area contributed by atoms with Crippen molar-refractivity contribution in [1.82, 2.24) is 0 Å². The van der Waals surface area contributed by atoms with E-state index in [2.05, 4.69) is 13.8 Å². The maximum atomic E-state index is 13.2. The van der Waals surface area contributed by atoms with Gasteiger partial charge in [-0.2, -0.15) is 0 Å². The third kappa shape index (κ3) is 1.51. The van der Waals surface area contributed by atoms with E-state index < -0.39 is 5.82 Å². The highest BCUT2D eigenvalue weighted by molar-refractivity contribution is 5.36. The van der Waals surface area contributed by atoms with E-state index in [0.717, 1.165) is 5.56 Å². The minimum absolute atomic E-state index is 0.151. The predicted octanol–water partition coefficient (Wildman–Crippen LogP) is 2.23. The second-order valence-corrected chi connectivity index (χ2v) is 4.85. The van der Waals surface area contributed by atoms with Gasteiger partial charge in [0.25, 0.3) is 0 Å². The zero-order valence-corrected chi connectivity index (χ0v) is 9.00. The number of halogens is 1. The Bertz CT molecular complexity index is 389. The molecular formula is C12H16FNO. The number of hydrogen-bond acceptors (Lipinski definition) is 2. The fourth-order valence-corrected chi connectivity index (χ4v) is 2.56. The van der Waals surface area contributed by atoms with Gasteiger partial charge in [0.15, 0.2) is 11.6 Å². The molecule has 1 fully saturated rings. The molecule has 3 heteroatoms. The Kier molecular flexibility index (Phi) is 2.23. The van der Waals surface area contributed by atoms with E-state index in [4.69, 9.17) is 10.8 Å². The normalized spacial score (nSPS) is 27.7. The highest BCUT2D eigenvalue weighted by atomic mass is 19.1. The van der Waals surface area contributed by atoms with Gasteiger partial charge in [0.1, 0.15) is 0 Å². The number of rotatable bonds is 2. The summed E-state index contributed by atoms with van der Waals surface area (Å²) in [5.41, 5.74) is 6.75. The summed E-state index contributed by atoms with van der Waals surface area (Å²) in [6, 6.07) is 4.60. The second-order valence-electron chi connectivity index (χ2n) is 4.85. The molecule has 0 unspecified atom stereocenters. The number of nitrogens with two attached hydrogens (primary N) is 1. The van der Waals surface area contributed by atoms with Crippen molar-refractivity contribution in [2.75, 3.05) is 6.54 Å². The molecule has 0 radical (unpaired) electrons. The van der Waals surface area contributed by atoms with Gasteiger partial charge in [-0.25, -0.2) is 4.39 Å². The van der Waals surface area contributed by atoms with Crippen LogP contribution in [-0.4, -0.2) is 11.7 Å². The minimum atomic E-state index is -0.550. The standard InChI is InChI=1S/C12H16FNO/c1-12(2)8(6-14)11(12)7-3-4-10(15)9(13)5-7/h3-5,8,11,15H,6,14H2,1-2H3/t8-,11-/m1/s1. The zero-order valence-electron chi connectivity index (χ0n) is 9.00. The first-order chi connectivity index (χ1) is 6.98. The number of phenolic OH excluding ortho intramolecular Hbond substituents is 1. The van der Waals surface area contributed by atoms with Crippen LogP contribution >= 0.6 is 0 Å². The van der Waals surface area contributed by atoms with Crippen LogP contribution in [0.2, 0.25) is 0 Å². The van der Waals surface area contributed by atoms with E-state index in [1.165, 1.54) is 12.1 Å². The molecule has 0 spiro atoms. The lowest BCUT2D eigenvalue weighted by molar-refractivity contribution is 0.431. The molecule has 0 aromatic heterocycles. The van der Waals surface area contributed by atoms with E-state index in [-0.39, 0.29) is 11.2 Å². The summed E-state index contributed by atoms with van der Waals surface area (Å²) in [6.45, 7) is 4.90. The molecule has 2 nitrogen and oxygen atoms in total. The van der Waals surface area contributed by atoms with E-state index in [1.807, 2.05) is 0 Å². The van der Waals surface area contributed by atoms with Crippen molar-refractivity contribution in [1.29, 1.82) is 0 Å². The van der Waals surface area contributed by atoms with Crippen LogP contribution in [-0.2, 0) is 0 Å². The number of phenols is 1. The van der Waals surface area contributed by atoms with Crippen LogP contribution in [0.25, 0.3) is 0 Å². The third-order valence-electron chi connectivity index (χ3n) is 3.64. The maximum Gasteiger partial charge on any atom is 0.165 e. The summed E-state index contributed by atoms with van der Waals surface area (Å²) < 4.78 is 13.2. The number of hydrogen-bond donors (Lipinski definition) is 2. The van der Waals surface area contributed by atoms with Crippen molar-refractivity contribution >= 4 is 0 Å². The monoisotopic (exact) mass is 209 g/mol. The van der Waals surface area contributed by atoms with Crippen molar-refractivity contribution in [3.63, 3.8) is 0 Å². The Morgan fingerprint density at radius 2 is 2.13 bits per heavy atom. The lowest BCUT2D eigenvalue weighted by Gasteiger charge is -2.04. The van der Waals surface area contributed by atoms with Crippen molar-refractivity contribution in [3.05, 3.63) is 29.6 Å². The molecule has 15 heavy (non-hydrogen) atoms. The Hall–Kier alpha value is -1.09. The molecule has 1 saturated carbocycles. The molecule has 2 rings (SSSR count). The molecule has 0 heterocycles. The molecule has 0 amide bonds. The smallest absolute Gasteiger partial charge is 0.165 e. The third-order valence-corrected chi connectivity index (χ3v) is 3.64. The van der Waals surface area contributed by atoms with Gasteiger partial charge < -0.3 is 10.8 Å². The summed E-state index contributed by atoms with van der Waals surface area (Å²) in [5, 5.41) is 9.10. The zero-order chi connectivity index (χ0) is 11.2. The van der Waals surface area contributed by atoms with E-state index >= 15 is 0 Å². The first-order valence-corrected chi connectivity index (χ1v) is 5.17. The predicted molar refractivity (Wildman–Crippen MR) is 57.1 cm³/mol. The molecular weight excluding hydrogens is 193 g/mol. The van der Waals surface area contributed by atoms with Gasteiger partial charge in [-0.3, -0.25) is 0 Å². The Morgan fingerprint density at radius 1 is 1.47 bits per heavy atom. The highest BCUT2D eigenvalue weighted by Crippen LogP contribution is 2.63. The SMILES string of the molecule is CC1(C)[C@H](CN)[C@H]1c1ccc(O)c(F)c1. The molecule has 82 valence electrons. The molecule has 1 aliphatic rings. The van der Waals surface area contributed by atoms with Gasteiger partial charge in [-0.05, 0) is 41.5 Å². The van der Waals surface area contributed by atoms with Crippen molar-refractivity contribution in [3.8, 4) is 5.75 Å². The van der Waals surface area contributed by atoms with Gasteiger partial charge in [0, 0.05) is 0 Å². The fraction of sp³-hybridized carbons (Fsp3) is 0.500. The fourth-order valence-electron chi connectivity index (χ4n) is 2.56. The first-order valence-electron chi connectivity index (χ1n) is 5.17. The molecule has 0 aliphatic heterocycles. The molecule has 1 aromatic carbocycles. The van der Waals surface area contributed by atoms with Crippen LogP contribution in [0.4, 0.5) is 4.39 Å². The summed E-state index contributed by atoms with van der Waals surface area (Å²) in [4.78, 5) is 0. The van der Waals surface area contributed by atoms with E-state index in [0.29, 0.717) is 18.4 Å². The summed E-state index contributed by atoms with van der Waals surface area (Å²) in [7, 11) is 0. The van der Waals surface area contributed by atoms with Crippen LogP contribution < -0.4 is 5.73 Å². The van der Waals surface area contributed by atoms with Crippen molar-refractivity contribution in [2.45, 2.75) is 19.8 Å². The first kappa shape index (κ1) is 10.4. The van der Waals surface area contributed by atoms with Crippen LogP contribution in [0, 0.1) is 17.2 Å². The molecule has 3 N–H and O–H groups in total. The molecule has 1 aromatic rings. The van der Waals surface area contributed by atoms with Crippen LogP contribution in [0.3, 0.4) is 0 Å². The minimum Gasteiger partial charge on any atom is -0.505 e. The molecule has 1 aliphatic carbocycles. The van der Waals surface area contributed by atoms with Crippen LogP contribution in [0.1, 0.15) is 25.3 Å². The van der Waals surface area contributed by atoms with Crippen LogP contribution in [0.15, 0.2) is 18.2 Å². The summed E-state index contributed by atoms with van der Waals surface area (Å²) in [5.74, 6) is -0.105. The van der Waals surface area contributed by atoms with Crippen LogP contribution in [0.5, 0.6) is 5.75 Å². The van der Waals surface area contributed by atoms with Crippen molar-refractivity contribution in [2.24, 2.45) is 17.1 Å². The Morgan fingerprint density at radius 3 is 2.60 bits per heavy atom. The Balaban J connectivity index is 2.29. The molecule has 2 atom stereocenters. The number of benzene rings is 1. The van der Waals surface area contributed by atoms with Gasteiger partial charge >= 0.3 is 0 Å². The van der Waals surface area contributed by atoms with Gasteiger partial charge in [0.05, 0.1) is 0 Å². The topological polar surface area (TPSA) is 46.2 Å².